The molecule has 1 aromatic heterocycles. The smallest absolute Gasteiger partial charge is 0.123 e. The van der Waals surface area contributed by atoms with Gasteiger partial charge in [-0.2, -0.15) is 10.9 Å². The van der Waals surface area contributed by atoms with E-state index in [9.17, 15) is 0 Å². The summed E-state index contributed by atoms with van der Waals surface area (Å²) in [4.78, 5) is 2.67. The number of nitrogens with zero attached hydrogens (tertiary/aromatic N) is 1. The summed E-state index contributed by atoms with van der Waals surface area (Å²) in [5.74, 6) is 0.955. The second-order valence-corrected chi connectivity index (χ2v) is 12.3. The molecule has 0 aliphatic carbocycles. The lowest BCUT2D eigenvalue weighted by molar-refractivity contribution is 0.387. The predicted octanol–water partition coefficient (Wildman–Crippen LogP) is 7.84. The molecule has 4 rings (SSSR count). The van der Waals surface area contributed by atoms with Crippen molar-refractivity contribution >= 4 is 40.0 Å². The maximum absolute atomic E-state index is 6.01. The van der Waals surface area contributed by atoms with E-state index in [1.165, 1.54) is 31.7 Å². The molecule has 1 aliphatic rings. The van der Waals surface area contributed by atoms with Gasteiger partial charge in [0.1, 0.15) is 10.4 Å². The van der Waals surface area contributed by atoms with Gasteiger partial charge in [-0.15, -0.1) is 0 Å². The van der Waals surface area contributed by atoms with Crippen molar-refractivity contribution in [2.75, 3.05) is 7.11 Å². The molecule has 0 saturated carbocycles. The molecule has 30 heavy (non-hydrogen) atoms. The van der Waals surface area contributed by atoms with Gasteiger partial charge in [0.2, 0.25) is 0 Å². The Morgan fingerprint density at radius 3 is 2.37 bits per heavy atom. The first kappa shape index (κ1) is 21.2. The van der Waals surface area contributed by atoms with Crippen LogP contribution in [0.25, 0.3) is 16.8 Å². The first-order chi connectivity index (χ1) is 14.0. The molecule has 1 atom stereocenters. The van der Waals surface area contributed by atoms with Crippen molar-refractivity contribution in [2.45, 2.75) is 62.3 Å². The van der Waals surface area contributed by atoms with E-state index < -0.39 is 10.9 Å². The van der Waals surface area contributed by atoms with Gasteiger partial charge >= 0.3 is 0 Å². The predicted molar refractivity (Wildman–Crippen MR) is 134 cm³/mol. The Hall–Kier alpha value is -2.04. The highest BCUT2D eigenvalue weighted by molar-refractivity contribution is 8.20. The Kier molecular flexibility index (Phi) is 5.14. The highest BCUT2D eigenvalue weighted by Crippen LogP contribution is 2.55. The molecule has 2 aromatic carbocycles. The summed E-state index contributed by atoms with van der Waals surface area (Å²) in [6.45, 7) is 13.3. The van der Waals surface area contributed by atoms with Crippen LogP contribution in [0.1, 0.15) is 52.7 Å². The molecule has 0 amide bonds. The molecule has 2 nitrogen and oxygen atoms in total. The number of benzene rings is 2. The van der Waals surface area contributed by atoms with E-state index in [-0.39, 0.29) is 11.0 Å². The Bertz CT molecular complexity index is 1220. The van der Waals surface area contributed by atoms with Gasteiger partial charge in [0.05, 0.1) is 7.11 Å². The number of thiol groups is 1. The largest absolute Gasteiger partial charge is 0.496 e. The van der Waals surface area contributed by atoms with E-state index in [1.54, 1.807) is 7.11 Å². The lowest BCUT2D eigenvalue weighted by atomic mass is 9.85. The quantitative estimate of drug-likeness (QED) is 0.324. The summed E-state index contributed by atoms with van der Waals surface area (Å²) >= 11 is 6.01. The highest BCUT2D eigenvalue weighted by atomic mass is 32.2. The number of fused-ring (bicyclic) bond motifs is 2. The third-order valence-corrected chi connectivity index (χ3v) is 8.57. The van der Waals surface area contributed by atoms with Crippen LogP contribution in [-0.2, 0) is 11.0 Å². The second kappa shape index (κ2) is 7.28. The van der Waals surface area contributed by atoms with Crippen LogP contribution >= 0.6 is 23.1 Å². The van der Waals surface area contributed by atoms with Crippen LogP contribution in [0.2, 0.25) is 0 Å². The number of ether oxygens (including phenoxy) is 1. The molecule has 2 heterocycles. The molecule has 0 N–H and O–H groups in total. The second-order valence-electron chi connectivity index (χ2n) is 9.95. The maximum atomic E-state index is 6.01. The first-order valence-electron chi connectivity index (χ1n) is 10.4. The zero-order chi connectivity index (χ0) is 21.8. The van der Waals surface area contributed by atoms with Crippen LogP contribution in [0.3, 0.4) is 0 Å². The maximum Gasteiger partial charge on any atom is 0.123 e. The van der Waals surface area contributed by atoms with Gasteiger partial charge in [0.25, 0.3) is 0 Å². The molecule has 0 spiro atoms. The van der Waals surface area contributed by atoms with Crippen LogP contribution in [0, 0.1) is 4.64 Å². The number of hydrogen-bond acceptors (Lipinski definition) is 2. The third-order valence-electron chi connectivity index (χ3n) is 5.71. The van der Waals surface area contributed by atoms with Gasteiger partial charge in [-0.05, 0) is 78.3 Å². The highest BCUT2D eigenvalue weighted by Gasteiger charge is 2.25. The molecule has 158 valence electrons. The Labute approximate surface area is 187 Å². The average molecular weight is 438 g/mol. The normalized spacial score (nSPS) is 17.4. The number of aromatic nitrogens is 1. The molecule has 0 fully saturated rings. The molecule has 0 bridgehead atoms. The van der Waals surface area contributed by atoms with E-state index in [0.717, 1.165) is 10.4 Å². The monoisotopic (exact) mass is 437 g/mol. The molecule has 4 heteroatoms. The Morgan fingerprint density at radius 1 is 1.00 bits per heavy atom. The van der Waals surface area contributed by atoms with Crippen molar-refractivity contribution in [3.8, 4) is 5.75 Å². The van der Waals surface area contributed by atoms with Crippen LogP contribution in [0.5, 0.6) is 5.75 Å². The summed E-state index contributed by atoms with van der Waals surface area (Å²) in [6, 6.07) is 13.3. The van der Waals surface area contributed by atoms with Crippen molar-refractivity contribution in [1.29, 1.82) is 0 Å². The molecule has 1 unspecified atom stereocenters. The minimum Gasteiger partial charge on any atom is -0.496 e. The van der Waals surface area contributed by atoms with Crippen molar-refractivity contribution in [3.05, 3.63) is 63.8 Å². The van der Waals surface area contributed by atoms with E-state index >= 15 is 0 Å². The van der Waals surface area contributed by atoms with Crippen LogP contribution in [-0.4, -0.2) is 11.7 Å². The summed E-state index contributed by atoms with van der Waals surface area (Å²) < 4.78 is 8.94. The lowest BCUT2D eigenvalue weighted by Crippen LogP contribution is -2.23. The van der Waals surface area contributed by atoms with Gasteiger partial charge in [-0.3, -0.25) is 0 Å². The molecule has 0 radical (unpaired) electrons. The van der Waals surface area contributed by atoms with Crippen molar-refractivity contribution in [2.24, 2.45) is 0 Å². The lowest BCUT2D eigenvalue weighted by Gasteiger charge is -2.27. The third kappa shape index (κ3) is 3.50. The minimum atomic E-state index is -0.649. The first-order valence-corrected chi connectivity index (χ1v) is 12.2. The van der Waals surface area contributed by atoms with Crippen LogP contribution < -0.4 is 4.74 Å². The van der Waals surface area contributed by atoms with Crippen molar-refractivity contribution in [1.82, 2.24) is 4.57 Å². The number of hydrogen-bond donors (Lipinski definition) is 1. The summed E-state index contributed by atoms with van der Waals surface area (Å²) in [7, 11) is 1.11. The zero-order valence-electron chi connectivity index (χ0n) is 18.9. The molecular weight excluding hydrogens is 406 g/mol. The van der Waals surface area contributed by atoms with Gasteiger partial charge in [0, 0.05) is 27.1 Å². The molecule has 0 saturated heterocycles. The van der Waals surface area contributed by atoms with E-state index in [2.05, 4.69) is 100 Å². The van der Waals surface area contributed by atoms with E-state index in [0.29, 0.717) is 0 Å². The van der Waals surface area contributed by atoms with Crippen molar-refractivity contribution in [3.63, 3.8) is 0 Å². The number of pyridine rings is 1. The summed E-state index contributed by atoms with van der Waals surface area (Å²) in [5.41, 5.74) is 2.45. The summed E-state index contributed by atoms with van der Waals surface area (Å²) in [5, 5.41) is 4.87. The van der Waals surface area contributed by atoms with E-state index in [4.69, 9.17) is 17.0 Å². The van der Waals surface area contributed by atoms with Crippen LogP contribution in [0.4, 0.5) is 0 Å². The van der Waals surface area contributed by atoms with Crippen LogP contribution in [0.15, 0.2) is 57.8 Å². The number of methoxy groups -OCH3 is 1. The molecule has 1 aliphatic heterocycles. The van der Waals surface area contributed by atoms with Gasteiger partial charge < -0.3 is 9.30 Å². The van der Waals surface area contributed by atoms with Crippen molar-refractivity contribution < 1.29 is 4.74 Å². The number of rotatable bonds is 2. The van der Waals surface area contributed by atoms with Gasteiger partial charge in [0.15, 0.2) is 0 Å². The van der Waals surface area contributed by atoms with Gasteiger partial charge in [-0.1, -0.05) is 45.1 Å². The topological polar surface area (TPSA) is 14.2 Å². The van der Waals surface area contributed by atoms with Gasteiger partial charge in [-0.25, -0.2) is 0 Å². The van der Waals surface area contributed by atoms with E-state index in [1.807, 2.05) is 0 Å². The zero-order valence-corrected chi connectivity index (χ0v) is 20.6. The fraction of sp³-hybridized carbons (Fsp3) is 0.346. The molecular formula is C26H31NOS2. The summed E-state index contributed by atoms with van der Waals surface area (Å²) in [6.07, 6.45) is 4.38. The molecule has 3 aromatic rings. The Balaban J connectivity index is 1.97. The standard InChI is InChI=1S/C26H31NOS2/c1-25(2,3)20-16-19-18(15-21(20)28-7)9-8-10-22(19)30-14-12-17-11-13-27(26(4,5)6)24(29)23(17)30/h8-16,30H,1-7H3. The SMILES string of the molecule is COc1cc2cccc([SH]3C=Cc4ccn(C(C)(C)C)c(=S)c43)c2cc1C(C)(C)C. The minimum absolute atomic E-state index is 0.00174. The Morgan fingerprint density at radius 2 is 1.73 bits per heavy atom. The average Bonchev–Trinajstić information content (AvgIpc) is 3.09. The fourth-order valence-electron chi connectivity index (χ4n) is 4.13. The fourth-order valence-corrected chi connectivity index (χ4v) is 7.18.